The molecule has 0 fully saturated rings. The Bertz CT molecular complexity index is 492. The zero-order valence-electron chi connectivity index (χ0n) is 10.2. The number of alkyl halides is 2. The molecular weight excluding hydrogens is 240 g/mol. The highest BCUT2D eigenvalue weighted by Crippen LogP contribution is 2.27. The minimum absolute atomic E-state index is 0.116. The van der Waals surface area contributed by atoms with E-state index in [0.29, 0.717) is 17.5 Å². The van der Waals surface area contributed by atoms with Crippen molar-refractivity contribution in [2.75, 3.05) is 7.11 Å². The Kier molecular flexibility index (Phi) is 4.78. The molecule has 0 aliphatic carbocycles. The summed E-state index contributed by atoms with van der Waals surface area (Å²) >= 11 is 0. The van der Waals surface area contributed by atoms with Gasteiger partial charge in [-0.2, -0.15) is 5.26 Å². The summed E-state index contributed by atoms with van der Waals surface area (Å²) in [6.45, 7) is 1.71. The highest BCUT2D eigenvalue weighted by atomic mass is 19.3. The lowest BCUT2D eigenvalue weighted by molar-refractivity contribution is -0.139. The summed E-state index contributed by atoms with van der Waals surface area (Å²) in [5.74, 6) is -0.525. The SMILES string of the molecule is CCc1c(C#N)cc(CC(=O)OC)cc1C(F)F. The van der Waals surface area contributed by atoms with Gasteiger partial charge in [0.25, 0.3) is 6.43 Å². The summed E-state index contributed by atoms with van der Waals surface area (Å²) in [7, 11) is 1.22. The molecule has 3 nitrogen and oxygen atoms in total. The van der Waals surface area contributed by atoms with Crippen LogP contribution < -0.4 is 0 Å². The number of hydrogen-bond acceptors (Lipinski definition) is 3. The molecule has 0 aliphatic rings. The number of hydrogen-bond donors (Lipinski definition) is 0. The van der Waals surface area contributed by atoms with Gasteiger partial charge in [0, 0.05) is 5.56 Å². The Morgan fingerprint density at radius 1 is 1.50 bits per heavy atom. The van der Waals surface area contributed by atoms with Crippen LogP contribution in [0.25, 0.3) is 0 Å². The summed E-state index contributed by atoms with van der Waals surface area (Å²) in [4.78, 5) is 11.1. The number of carbonyl (C=O) groups is 1. The van der Waals surface area contributed by atoms with Gasteiger partial charge in [-0.25, -0.2) is 8.78 Å². The van der Waals surface area contributed by atoms with Crippen LogP contribution in [0.2, 0.25) is 0 Å². The molecule has 1 aromatic rings. The second kappa shape index (κ2) is 6.10. The van der Waals surface area contributed by atoms with E-state index in [2.05, 4.69) is 4.74 Å². The number of esters is 1. The third-order valence-corrected chi connectivity index (χ3v) is 2.63. The van der Waals surface area contributed by atoms with Gasteiger partial charge in [-0.1, -0.05) is 6.92 Å². The van der Waals surface area contributed by atoms with Gasteiger partial charge in [0.2, 0.25) is 0 Å². The van der Waals surface area contributed by atoms with Crippen LogP contribution in [0.4, 0.5) is 8.78 Å². The van der Waals surface area contributed by atoms with E-state index in [0.717, 1.165) is 0 Å². The standard InChI is InChI=1S/C13H13F2NO2/c1-3-10-9(7-16)4-8(6-12(17)18-2)5-11(10)13(14)15/h4-5,13H,3,6H2,1-2H3. The number of benzene rings is 1. The minimum Gasteiger partial charge on any atom is -0.469 e. The first-order chi connectivity index (χ1) is 8.53. The molecule has 0 amide bonds. The zero-order valence-corrected chi connectivity index (χ0v) is 10.2. The van der Waals surface area contributed by atoms with Gasteiger partial charge in [0.15, 0.2) is 0 Å². The Morgan fingerprint density at radius 3 is 2.61 bits per heavy atom. The van der Waals surface area contributed by atoms with E-state index in [1.165, 1.54) is 19.2 Å². The van der Waals surface area contributed by atoms with Crippen LogP contribution in [-0.2, 0) is 22.4 Å². The third-order valence-electron chi connectivity index (χ3n) is 2.63. The van der Waals surface area contributed by atoms with Crippen LogP contribution in [-0.4, -0.2) is 13.1 Å². The molecule has 0 saturated heterocycles. The van der Waals surface area contributed by atoms with Crippen molar-refractivity contribution >= 4 is 5.97 Å². The maximum atomic E-state index is 12.9. The second-order valence-electron chi connectivity index (χ2n) is 3.73. The van der Waals surface area contributed by atoms with Crippen molar-refractivity contribution in [1.29, 1.82) is 5.26 Å². The maximum absolute atomic E-state index is 12.9. The average molecular weight is 253 g/mol. The normalized spacial score (nSPS) is 10.2. The predicted octanol–water partition coefficient (Wildman–Crippen LogP) is 2.77. The van der Waals surface area contributed by atoms with E-state index in [1.54, 1.807) is 6.92 Å². The smallest absolute Gasteiger partial charge is 0.309 e. The van der Waals surface area contributed by atoms with E-state index in [9.17, 15) is 13.6 Å². The first-order valence-corrected chi connectivity index (χ1v) is 5.44. The minimum atomic E-state index is -2.66. The fourth-order valence-corrected chi connectivity index (χ4v) is 1.79. The average Bonchev–Trinajstić information content (AvgIpc) is 2.37. The number of halogens is 2. The van der Waals surface area contributed by atoms with E-state index in [1.807, 2.05) is 6.07 Å². The molecule has 0 aromatic heterocycles. The highest BCUT2D eigenvalue weighted by Gasteiger charge is 2.17. The molecule has 0 atom stereocenters. The monoisotopic (exact) mass is 253 g/mol. The van der Waals surface area contributed by atoms with Crippen LogP contribution in [0.15, 0.2) is 12.1 Å². The van der Waals surface area contributed by atoms with Crippen molar-refractivity contribution < 1.29 is 18.3 Å². The summed E-state index contributed by atoms with van der Waals surface area (Å²) < 4.78 is 30.3. The van der Waals surface area contributed by atoms with Gasteiger partial charge in [0.05, 0.1) is 25.2 Å². The quantitative estimate of drug-likeness (QED) is 0.775. The lowest BCUT2D eigenvalue weighted by Crippen LogP contribution is -2.07. The summed E-state index contributed by atoms with van der Waals surface area (Å²) in [6.07, 6.45) is -2.43. The number of nitrogens with zero attached hydrogens (tertiary/aromatic N) is 1. The number of methoxy groups -OCH3 is 1. The van der Waals surface area contributed by atoms with Gasteiger partial charge in [0.1, 0.15) is 0 Å². The van der Waals surface area contributed by atoms with Gasteiger partial charge in [-0.15, -0.1) is 0 Å². The lowest BCUT2D eigenvalue weighted by atomic mass is 9.95. The van der Waals surface area contributed by atoms with Gasteiger partial charge < -0.3 is 4.74 Å². The first kappa shape index (κ1) is 14.1. The first-order valence-electron chi connectivity index (χ1n) is 5.44. The van der Waals surface area contributed by atoms with Crippen molar-refractivity contribution in [3.05, 3.63) is 34.4 Å². The molecule has 96 valence electrons. The van der Waals surface area contributed by atoms with Crippen molar-refractivity contribution in [3.63, 3.8) is 0 Å². The Balaban J connectivity index is 3.28. The predicted molar refractivity (Wildman–Crippen MR) is 61.2 cm³/mol. The highest BCUT2D eigenvalue weighted by molar-refractivity contribution is 5.72. The van der Waals surface area contributed by atoms with E-state index < -0.39 is 12.4 Å². The largest absolute Gasteiger partial charge is 0.469 e. The Labute approximate surface area is 104 Å². The molecule has 1 aromatic carbocycles. The van der Waals surface area contributed by atoms with Crippen LogP contribution in [0.5, 0.6) is 0 Å². The fraction of sp³-hybridized carbons (Fsp3) is 0.385. The number of ether oxygens (including phenoxy) is 1. The summed E-state index contributed by atoms with van der Waals surface area (Å²) in [6, 6.07) is 4.61. The molecule has 0 aliphatic heterocycles. The van der Waals surface area contributed by atoms with Crippen LogP contribution >= 0.6 is 0 Å². The number of nitriles is 1. The molecule has 0 saturated carbocycles. The van der Waals surface area contributed by atoms with Gasteiger partial charge >= 0.3 is 5.97 Å². The molecule has 18 heavy (non-hydrogen) atoms. The third kappa shape index (κ3) is 3.04. The topological polar surface area (TPSA) is 50.1 Å². The molecule has 5 heteroatoms. The zero-order chi connectivity index (χ0) is 13.7. The van der Waals surface area contributed by atoms with E-state index in [4.69, 9.17) is 5.26 Å². The van der Waals surface area contributed by atoms with E-state index >= 15 is 0 Å². The molecule has 0 spiro atoms. The number of carbonyl (C=O) groups excluding carboxylic acids is 1. The molecule has 0 bridgehead atoms. The molecule has 0 radical (unpaired) electrons. The number of rotatable bonds is 4. The fourth-order valence-electron chi connectivity index (χ4n) is 1.79. The molecular formula is C13H13F2NO2. The molecule has 0 heterocycles. The molecule has 0 N–H and O–H groups in total. The van der Waals surface area contributed by atoms with Crippen LogP contribution in [0.1, 0.15) is 35.6 Å². The summed E-state index contributed by atoms with van der Waals surface area (Å²) in [5, 5.41) is 8.96. The lowest BCUT2D eigenvalue weighted by Gasteiger charge is -2.11. The Morgan fingerprint density at radius 2 is 2.17 bits per heavy atom. The molecule has 0 unspecified atom stereocenters. The van der Waals surface area contributed by atoms with Gasteiger partial charge in [-0.05, 0) is 29.7 Å². The van der Waals surface area contributed by atoms with Crippen LogP contribution in [0.3, 0.4) is 0 Å². The van der Waals surface area contributed by atoms with Gasteiger partial charge in [-0.3, -0.25) is 4.79 Å². The van der Waals surface area contributed by atoms with Crippen LogP contribution in [0, 0.1) is 11.3 Å². The van der Waals surface area contributed by atoms with Crippen molar-refractivity contribution in [1.82, 2.24) is 0 Å². The van der Waals surface area contributed by atoms with Crippen molar-refractivity contribution in [3.8, 4) is 6.07 Å². The molecule has 1 rings (SSSR count). The maximum Gasteiger partial charge on any atom is 0.309 e. The van der Waals surface area contributed by atoms with Crippen molar-refractivity contribution in [2.24, 2.45) is 0 Å². The second-order valence-corrected chi connectivity index (χ2v) is 3.73. The Hall–Kier alpha value is -1.96. The van der Waals surface area contributed by atoms with E-state index in [-0.39, 0.29) is 17.5 Å². The summed E-state index contributed by atoms with van der Waals surface area (Å²) in [5.41, 5.74) is 0.705. The van der Waals surface area contributed by atoms with Crippen molar-refractivity contribution in [2.45, 2.75) is 26.2 Å².